The first-order chi connectivity index (χ1) is 23.8. The van der Waals surface area contributed by atoms with Crippen molar-refractivity contribution in [2.45, 2.75) is 173 Å². The quantitative estimate of drug-likeness (QED) is 0.228. The van der Waals surface area contributed by atoms with Gasteiger partial charge in [-0.2, -0.15) is 0 Å². The Morgan fingerprint density at radius 3 is 2.04 bits per heavy atom. The molecular weight excluding hydrogens is 651 g/mol. The molecule has 1 amide bonds. The molecule has 6 fully saturated rings. The summed E-state index contributed by atoms with van der Waals surface area (Å²) in [4.78, 5) is 71.3. The summed E-state index contributed by atoms with van der Waals surface area (Å²) >= 11 is 0. The second-order valence-corrected chi connectivity index (χ2v) is 20.4. The maximum Gasteiger partial charge on any atom is 0.226 e. The summed E-state index contributed by atoms with van der Waals surface area (Å²) in [5.41, 5.74) is -0.615. The van der Waals surface area contributed by atoms with Gasteiger partial charge in [0.25, 0.3) is 0 Å². The highest BCUT2D eigenvalue weighted by molar-refractivity contribution is 7.92. The van der Waals surface area contributed by atoms with Crippen molar-refractivity contribution in [2.75, 3.05) is 12.3 Å². The van der Waals surface area contributed by atoms with E-state index in [2.05, 4.69) is 13.8 Å². The third kappa shape index (κ3) is 8.33. The zero-order chi connectivity index (χ0) is 35.7. The molecular formula is C41H63NO7S. The lowest BCUT2D eigenvalue weighted by atomic mass is 9.67. The van der Waals surface area contributed by atoms with E-state index < -0.39 is 44.2 Å². The Kier molecular flexibility index (Phi) is 11.8. The first kappa shape index (κ1) is 37.8. The highest BCUT2D eigenvalue weighted by Crippen LogP contribution is 2.65. The van der Waals surface area contributed by atoms with Gasteiger partial charge in [-0.15, -0.1) is 0 Å². The van der Waals surface area contributed by atoms with Gasteiger partial charge in [-0.3, -0.25) is 24.0 Å². The molecule has 0 aromatic rings. The minimum Gasteiger partial charge on any atom is -0.332 e. The summed E-state index contributed by atoms with van der Waals surface area (Å²) in [5, 5.41) is -0.470. The average Bonchev–Trinajstić information content (AvgIpc) is 3.92. The SMILES string of the molecule is CC1(C)[C@@H]2[C@H]3C(=O)C[C@H](C(=O)C(=O)CC4CC4)CCCCCCCCC[C@H](CC(=O)CC4([C@@H]5CCCCS5(=O)=O)CCCCC4)C(=O)N3C[C@@H]21. The fraction of sp³-hybridized carbons (Fsp3) is 0.878. The van der Waals surface area contributed by atoms with Gasteiger partial charge in [0.05, 0.1) is 17.0 Å². The molecule has 50 heavy (non-hydrogen) atoms. The molecule has 0 spiro atoms. The second kappa shape index (κ2) is 15.6. The number of hydrogen-bond acceptors (Lipinski definition) is 7. The first-order valence-corrected chi connectivity index (χ1v) is 22.2. The number of piperidine rings is 1. The predicted molar refractivity (Wildman–Crippen MR) is 193 cm³/mol. The normalized spacial score (nSPS) is 34.7. The number of carbonyl (C=O) groups is 5. The maximum atomic E-state index is 14.6. The van der Waals surface area contributed by atoms with Crippen molar-refractivity contribution >= 4 is 38.9 Å². The molecule has 280 valence electrons. The van der Waals surface area contributed by atoms with Gasteiger partial charge >= 0.3 is 0 Å². The molecule has 6 atom stereocenters. The number of rotatable bonds is 9. The highest BCUT2D eigenvalue weighted by Gasteiger charge is 2.69. The molecule has 3 aliphatic heterocycles. The van der Waals surface area contributed by atoms with Crippen molar-refractivity contribution in [1.82, 2.24) is 4.90 Å². The van der Waals surface area contributed by atoms with Crippen molar-refractivity contribution in [1.29, 1.82) is 0 Å². The minimum atomic E-state index is -3.27. The summed E-state index contributed by atoms with van der Waals surface area (Å²) in [7, 11) is -3.27. The van der Waals surface area contributed by atoms with Crippen LogP contribution >= 0.6 is 0 Å². The molecule has 0 bridgehead atoms. The number of nitrogens with zero attached hydrogens (tertiary/aromatic N) is 1. The van der Waals surface area contributed by atoms with Gasteiger partial charge in [0.2, 0.25) is 11.7 Å². The fourth-order valence-corrected chi connectivity index (χ4v) is 13.4. The van der Waals surface area contributed by atoms with Gasteiger partial charge < -0.3 is 4.90 Å². The topological polar surface area (TPSA) is 123 Å². The number of carbonyl (C=O) groups excluding carboxylic acids is 5. The van der Waals surface area contributed by atoms with E-state index in [1.807, 2.05) is 0 Å². The Morgan fingerprint density at radius 1 is 0.760 bits per heavy atom. The Labute approximate surface area is 300 Å². The van der Waals surface area contributed by atoms with Gasteiger partial charge in [-0.25, -0.2) is 8.42 Å². The molecule has 3 saturated heterocycles. The van der Waals surface area contributed by atoms with Crippen LogP contribution in [0.2, 0.25) is 0 Å². The van der Waals surface area contributed by atoms with E-state index in [0.29, 0.717) is 44.6 Å². The number of ketones is 4. The number of Topliss-reactive ketones (excluding diaryl/α,β-unsaturated/α-hetero) is 4. The van der Waals surface area contributed by atoms with E-state index in [4.69, 9.17) is 0 Å². The Bertz CT molecular complexity index is 1410. The van der Waals surface area contributed by atoms with Gasteiger partial charge in [0, 0.05) is 44.1 Å². The Morgan fingerprint density at radius 2 is 1.38 bits per heavy atom. The van der Waals surface area contributed by atoms with Crippen LogP contribution in [-0.2, 0) is 33.8 Å². The third-order valence-electron chi connectivity index (χ3n) is 14.2. The monoisotopic (exact) mass is 713 g/mol. The van der Waals surface area contributed by atoms with Crippen LogP contribution in [0.1, 0.15) is 162 Å². The van der Waals surface area contributed by atoms with Crippen LogP contribution in [-0.4, -0.2) is 65.9 Å². The first-order valence-electron chi connectivity index (χ1n) is 20.5. The molecule has 3 aliphatic carbocycles. The second-order valence-electron chi connectivity index (χ2n) is 18.1. The Balaban J connectivity index is 1.22. The van der Waals surface area contributed by atoms with Crippen LogP contribution in [0.5, 0.6) is 0 Å². The van der Waals surface area contributed by atoms with E-state index in [9.17, 15) is 32.4 Å². The highest BCUT2D eigenvalue weighted by atomic mass is 32.2. The van der Waals surface area contributed by atoms with Crippen molar-refractivity contribution in [2.24, 2.45) is 40.4 Å². The van der Waals surface area contributed by atoms with Gasteiger partial charge in [0.15, 0.2) is 21.4 Å². The van der Waals surface area contributed by atoms with E-state index in [1.165, 1.54) is 0 Å². The van der Waals surface area contributed by atoms with E-state index in [0.717, 1.165) is 96.3 Å². The smallest absolute Gasteiger partial charge is 0.226 e. The number of sulfone groups is 1. The summed E-state index contributed by atoms with van der Waals surface area (Å²) in [6, 6.07) is -0.626. The molecule has 3 saturated carbocycles. The lowest BCUT2D eigenvalue weighted by molar-refractivity contribution is -0.146. The molecule has 0 aromatic heterocycles. The van der Waals surface area contributed by atoms with Gasteiger partial charge in [0.1, 0.15) is 5.78 Å². The summed E-state index contributed by atoms with van der Waals surface area (Å²) in [6.07, 6.45) is 17.1. The molecule has 0 radical (unpaired) electrons. The van der Waals surface area contributed by atoms with Crippen molar-refractivity contribution in [3.8, 4) is 0 Å². The van der Waals surface area contributed by atoms with Gasteiger partial charge in [-0.05, 0) is 80.0 Å². The molecule has 0 aromatic carbocycles. The standard InChI is InChI=1S/C41H63NO7S/c1-40(2)32-27-42-37(36(32)40)33(44)25-29(38(46)34(45)23-28-18-19-28)15-9-6-4-3-5-7-10-16-30(39(42)47)24-31(43)26-41(20-12-8-13-21-41)35-17-11-14-22-50(35,48)49/h28-30,32,35-37H,3-27H2,1-2H3/t29-,30-,32+,35+,36+,37-/m1/s1. The van der Waals surface area contributed by atoms with E-state index in [-0.39, 0.29) is 65.5 Å². The summed E-state index contributed by atoms with van der Waals surface area (Å²) < 4.78 is 26.7. The number of fused-ring (bicyclic) bond motifs is 3. The molecule has 6 rings (SSSR count). The summed E-state index contributed by atoms with van der Waals surface area (Å²) in [5.74, 6) is -1.38. The van der Waals surface area contributed by atoms with Crippen LogP contribution in [0, 0.1) is 40.4 Å². The maximum absolute atomic E-state index is 14.6. The largest absolute Gasteiger partial charge is 0.332 e. The van der Waals surface area contributed by atoms with Crippen LogP contribution in [0.15, 0.2) is 0 Å². The molecule has 0 unspecified atom stereocenters. The molecule has 3 heterocycles. The number of hydrogen-bond donors (Lipinski definition) is 0. The molecule has 6 aliphatic rings. The molecule has 0 N–H and O–H groups in total. The van der Waals surface area contributed by atoms with Gasteiger partial charge in [-0.1, -0.05) is 84.5 Å². The van der Waals surface area contributed by atoms with Crippen molar-refractivity contribution < 1.29 is 32.4 Å². The molecule has 8 nitrogen and oxygen atoms in total. The number of amides is 1. The average molecular weight is 714 g/mol. The zero-order valence-electron chi connectivity index (χ0n) is 30.9. The van der Waals surface area contributed by atoms with Crippen LogP contribution in [0.25, 0.3) is 0 Å². The fourth-order valence-electron chi connectivity index (χ4n) is 10.9. The zero-order valence-corrected chi connectivity index (χ0v) is 31.7. The van der Waals surface area contributed by atoms with Crippen LogP contribution < -0.4 is 0 Å². The summed E-state index contributed by atoms with van der Waals surface area (Å²) in [6.45, 7) is 4.80. The van der Waals surface area contributed by atoms with Crippen molar-refractivity contribution in [3.05, 3.63) is 0 Å². The third-order valence-corrected chi connectivity index (χ3v) is 16.6. The minimum absolute atomic E-state index is 0.00493. The lowest BCUT2D eigenvalue weighted by Crippen LogP contribution is -2.49. The lowest BCUT2D eigenvalue weighted by Gasteiger charge is -2.44. The van der Waals surface area contributed by atoms with Crippen LogP contribution in [0.4, 0.5) is 0 Å². The van der Waals surface area contributed by atoms with E-state index >= 15 is 0 Å². The Hall–Kier alpha value is -1.90. The van der Waals surface area contributed by atoms with Crippen molar-refractivity contribution in [3.63, 3.8) is 0 Å². The van der Waals surface area contributed by atoms with E-state index in [1.54, 1.807) is 4.90 Å². The predicted octanol–water partition coefficient (Wildman–Crippen LogP) is 7.39. The van der Waals surface area contributed by atoms with Crippen LogP contribution in [0.3, 0.4) is 0 Å². The molecule has 9 heteroatoms.